The number of unbranched alkanes of at least 4 members (excludes halogenated alkanes) is 56. The maximum atomic E-state index is 2.86. The number of aryl methyl sites for hydroxylation is 2. The Hall–Kier alpha value is -0.799. The van der Waals surface area contributed by atoms with E-state index in [2.05, 4.69) is 202 Å². The molecule has 0 aliphatic rings. The van der Waals surface area contributed by atoms with E-state index in [1.165, 1.54) is 533 Å². The molecule has 13 heteroatoms. The largest absolute Gasteiger partial charge is 0.139 e. The van der Waals surface area contributed by atoms with E-state index in [0.29, 0.717) is 0 Å². The predicted molar refractivity (Wildman–Crippen MR) is 696 cm³/mol. The number of hydrogen-bond acceptors (Lipinski definition) is 7. The number of thiophene rings is 7. The molecule has 0 aliphatic heterocycles. The van der Waals surface area contributed by atoms with E-state index in [1.54, 1.807) is 106 Å². The number of rotatable bonds is 102. The van der Waals surface area contributed by atoms with Gasteiger partial charge in [-0.3, -0.25) is 0 Å². The maximum Gasteiger partial charge on any atom is 0.0504 e. The predicted octanol–water partition coefficient (Wildman–Crippen LogP) is 53.1. The minimum Gasteiger partial charge on any atom is -0.139 e. The Labute approximate surface area is 937 Å². The van der Waals surface area contributed by atoms with Crippen molar-refractivity contribution in [3.8, 4) is 58.5 Å². The molecule has 0 amide bonds. The second-order valence-corrected chi connectivity index (χ2v) is 88.6. The highest BCUT2D eigenvalue weighted by Crippen LogP contribution is 2.49. The van der Waals surface area contributed by atoms with Gasteiger partial charge in [0.15, 0.2) is 0 Å². The minimum atomic E-state index is -1.33. The highest BCUT2D eigenvalue weighted by Gasteiger charge is 2.32. The first-order valence-corrected chi connectivity index (χ1v) is 88.9. The minimum absolute atomic E-state index is 1.07. The molecule has 7 aromatic rings. The second kappa shape index (κ2) is 81.8. The van der Waals surface area contributed by atoms with Gasteiger partial charge in [0.2, 0.25) is 0 Å². The molecule has 0 aliphatic carbocycles. The molecule has 830 valence electrons. The summed E-state index contributed by atoms with van der Waals surface area (Å²) in [5, 5.41) is 0. The van der Waals surface area contributed by atoms with Gasteiger partial charge in [0.1, 0.15) is 0 Å². The van der Waals surface area contributed by atoms with Crippen molar-refractivity contribution in [2.75, 3.05) is 0 Å². The first-order chi connectivity index (χ1) is 70.8. The van der Waals surface area contributed by atoms with Crippen LogP contribution in [0.1, 0.15) is 515 Å². The Morgan fingerprint density at radius 3 is 0.338 bits per heavy atom. The van der Waals surface area contributed by atoms with Gasteiger partial charge in [-0.1, -0.05) is 653 Å². The lowest BCUT2D eigenvalue weighted by Crippen LogP contribution is -2.29. The third kappa shape index (κ3) is 58.9. The standard InChI is InChI=1S/C132H236S7Si6/c1-15-23-31-67-101-140(9,102-68-32-24-16-2)109-75-59-51-43-39-47-55-63-79-113-144(13,114-80-64-56-48-40-44-52-60-76-110-141(10,103-69-33-25-17-3)104-70-34-26-18-4)117-83-85-119-87-89-121(133-119)123-91-93-125(135-123)127-95-97-129(137-127)131-99-100-132(139-131)130-98-96-128(138-130)126-94-92-124(136-126)122-90-88-120(134-122)86-84-118-145(14,115-81-65-57-49-41-45-53-61-77-111-142(11,105-71-35-27-19-5)106-72-36-28-20-6)116-82-66-58-50-42-46-54-62-78-112-143(12,107-73-37-29-21-7)108-74-38-30-22-8/h87-100H,15-86,101-118H2,1-14H3. The smallest absolute Gasteiger partial charge is 0.0504 e. The first-order valence-electron chi connectivity index (χ1n) is 64.5. The van der Waals surface area contributed by atoms with Crippen LogP contribution >= 0.6 is 79.4 Å². The highest BCUT2D eigenvalue weighted by molar-refractivity contribution is 7.31. The van der Waals surface area contributed by atoms with Gasteiger partial charge in [-0.25, -0.2) is 0 Å². The monoisotopic (exact) mass is 2210 g/mol. The van der Waals surface area contributed by atoms with E-state index in [-0.39, 0.29) is 0 Å². The topological polar surface area (TPSA) is 0 Å². The van der Waals surface area contributed by atoms with Crippen LogP contribution in [0.15, 0.2) is 84.9 Å². The second-order valence-electron chi connectivity index (χ2n) is 50.1. The quantitative estimate of drug-likeness (QED) is 0.0263. The summed E-state index contributed by atoms with van der Waals surface area (Å²) in [6, 6.07) is 62.6. The van der Waals surface area contributed by atoms with Crippen LogP contribution in [-0.4, -0.2) is 48.4 Å². The summed E-state index contributed by atoms with van der Waals surface area (Å²) >= 11 is 14.1. The average Bonchev–Trinajstić information content (AvgIpc) is 1.65. The molecule has 0 nitrogen and oxygen atoms in total. The molecule has 0 N–H and O–H groups in total. The van der Waals surface area contributed by atoms with Crippen LogP contribution in [0.25, 0.3) is 58.5 Å². The van der Waals surface area contributed by atoms with Crippen LogP contribution in [0.4, 0.5) is 0 Å². The molecular formula is C132H236S7Si6. The lowest BCUT2D eigenvalue weighted by Gasteiger charge is -2.28. The Bertz CT molecular complexity index is 3720. The van der Waals surface area contributed by atoms with Crippen molar-refractivity contribution in [1.29, 1.82) is 0 Å². The fourth-order valence-electron chi connectivity index (χ4n) is 25.1. The summed E-state index contributed by atoms with van der Waals surface area (Å²) < 4.78 is 0. The van der Waals surface area contributed by atoms with Gasteiger partial charge in [-0.15, -0.1) is 79.4 Å². The summed E-state index contributed by atoms with van der Waals surface area (Å²) in [5.41, 5.74) is 0. The van der Waals surface area contributed by atoms with E-state index in [1.807, 2.05) is 56.7 Å². The Morgan fingerprint density at radius 1 is 0.117 bits per heavy atom. The van der Waals surface area contributed by atoms with Crippen molar-refractivity contribution in [1.82, 2.24) is 0 Å². The van der Waals surface area contributed by atoms with Crippen LogP contribution in [0.2, 0.25) is 148 Å². The molecular weight excluding hydrogens is 1980 g/mol. The fourth-order valence-corrected chi connectivity index (χ4v) is 57.0. The zero-order chi connectivity index (χ0) is 104. The van der Waals surface area contributed by atoms with Crippen LogP contribution in [0.3, 0.4) is 0 Å². The van der Waals surface area contributed by atoms with Gasteiger partial charge in [0.25, 0.3) is 0 Å². The summed E-state index contributed by atoms with van der Waals surface area (Å²) in [6.07, 6.45) is 105. The van der Waals surface area contributed by atoms with Gasteiger partial charge in [-0.05, 0) is 97.8 Å². The van der Waals surface area contributed by atoms with E-state index in [0.717, 1.165) is 0 Å². The van der Waals surface area contributed by atoms with Crippen molar-refractivity contribution in [2.24, 2.45) is 0 Å². The molecule has 7 aromatic heterocycles. The van der Waals surface area contributed by atoms with Gasteiger partial charge >= 0.3 is 0 Å². The third-order valence-electron chi connectivity index (χ3n) is 35.5. The SMILES string of the molecule is CCCCCC[Si](C)(CCCCCC)CCCCCCCCCCC[Si](C)(CCCCCCCCCCC[Si](C)(CCCCCC)CCCCCC)CCCc1ccc(-c2ccc(-c3ccc(-c4ccc(-c5ccc(-c6ccc(-c7ccc(CCC[Si](C)(CCCCCCCCCCC[Si](C)(CCCCCC)CCCCCC)CCCCCCCCCCC[Si](C)(CCCCCC)CCCCCC)s7)s6)s5)s4)s3)s2)s1. The normalized spacial score (nSPS) is 12.6. The van der Waals surface area contributed by atoms with E-state index < -0.39 is 48.4 Å². The molecule has 0 fully saturated rings. The molecule has 0 atom stereocenters. The average molecular weight is 2220 g/mol. The first kappa shape index (κ1) is 131. The van der Waals surface area contributed by atoms with Crippen LogP contribution in [0, 0.1) is 0 Å². The van der Waals surface area contributed by atoms with Crippen LogP contribution in [0.5, 0.6) is 0 Å². The summed E-state index contributed by atoms with van der Waals surface area (Å²) in [6.45, 7) is 35.9. The third-order valence-corrected chi connectivity index (χ3v) is 72.5. The van der Waals surface area contributed by atoms with Crippen molar-refractivity contribution in [3.05, 3.63) is 94.7 Å². The molecule has 0 unspecified atom stereocenters. The van der Waals surface area contributed by atoms with Gasteiger partial charge in [-0.2, -0.15) is 0 Å². The van der Waals surface area contributed by atoms with E-state index in [4.69, 9.17) is 0 Å². The Kier molecular flexibility index (Phi) is 73.9. The molecule has 0 bridgehead atoms. The van der Waals surface area contributed by atoms with Crippen molar-refractivity contribution >= 4 is 128 Å². The zero-order valence-electron chi connectivity index (χ0n) is 98.6. The summed E-state index contributed by atoms with van der Waals surface area (Å²) in [5.74, 6) is 0. The molecule has 0 saturated heterocycles. The van der Waals surface area contributed by atoms with Gasteiger partial charge in [0.05, 0.1) is 48.4 Å². The van der Waals surface area contributed by atoms with Gasteiger partial charge < -0.3 is 0 Å². The van der Waals surface area contributed by atoms with E-state index in [9.17, 15) is 0 Å². The molecule has 7 heterocycles. The highest BCUT2D eigenvalue weighted by atomic mass is 32.1. The molecule has 0 saturated carbocycles. The Balaban J connectivity index is 0.856. The molecule has 145 heavy (non-hydrogen) atoms. The van der Waals surface area contributed by atoms with Gasteiger partial charge in [0, 0.05) is 68.3 Å². The van der Waals surface area contributed by atoms with Crippen LogP contribution in [-0.2, 0) is 12.8 Å². The van der Waals surface area contributed by atoms with Crippen molar-refractivity contribution in [3.63, 3.8) is 0 Å². The zero-order valence-corrected chi connectivity index (χ0v) is 110. The fraction of sp³-hybridized carbons (Fsp3) is 0.788. The van der Waals surface area contributed by atoms with E-state index >= 15 is 0 Å². The molecule has 0 spiro atoms. The van der Waals surface area contributed by atoms with Crippen LogP contribution < -0.4 is 0 Å². The molecule has 0 radical (unpaired) electrons. The van der Waals surface area contributed by atoms with Crippen molar-refractivity contribution < 1.29 is 0 Å². The van der Waals surface area contributed by atoms with Crippen molar-refractivity contribution in [2.45, 2.75) is 666 Å². The number of hydrogen-bond donors (Lipinski definition) is 0. The maximum absolute atomic E-state index is 2.86. The molecule has 0 aromatic carbocycles. The lowest BCUT2D eigenvalue weighted by atomic mass is 10.1. The Morgan fingerprint density at radius 2 is 0.214 bits per heavy atom. The molecule has 7 rings (SSSR count). The lowest BCUT2D eigenvalue weighted by molar-refractivity contribution is 0.566. The summed E-state index contributed by atoms with van der Waals surface area (Å²) in [4.78, 5) is 20.2. The summed E-state index contributed by atoms with van der Waals surface area (Å²) in [7, 11) is -6.95.